The zero-order chi connectivity index (χ0) is 7.94. The van der Waals surface area contributed by atoms with Crippen LogP contribution in [0.15, 0.2) is 11.1 Å². The van der Waals surface area contributed by atoms with Crippen molar-refractivity contribution in [3.05, 3.63) is 11.1 Å². The molecule has 2 heteroatoms. The number of hydrogen-bond donors (Lipinski definition) is 0. The summed E-state index contributed by atoms with van der Waals surface area (Å²) in [5.74, 6) is 0. The van der Waals surface area contributed by atoms with Crippen molar-refractivity contribution in [1.82, 2.24) is 0 Å². The Bertz CT molecular complexity index is 231. The molecule has 1 aliphatic rings. The van der Waals surface area contributed by atoms with Gasteiger partial charge < -0.3 is 2.85 Å². The Kier molecular flexibility index (Phi) is 2.38. The molecule has 0 nitrogen and oxygen atoms in total. The number of rotatable bonds is 0. The van der Waals surface area contributed by atoms with Gasteiger partial charge in [0.25, 0.3) is 0 Å². The fourth-order valence-electron chi connectivity index (χ4n) is 1.17. The van der Waals surface area contributed by atoms with Crippen molar-refractivity contribution in [2.75, 3.05) is 0 Å². The molecule has 1 aliphatic heterocycles. The zero-order valence-electron chi connectivity index (χ0n) is 9.02. The second kappa shape index (κ2) is 2.68. The average Bonchev–Trinajstić information content (AvgIpc) is 1.95. The van der Waals surface area contributed by atoms with Crippen LogP contribution < -0.4 is 0 Å². The summed E-state index contributed by atoms with van der Waals surface area (Å²) in [5.41, 5.74) is 3.13. The van der Waals surface area contributed by atoms with Crippen molar-refractivity contribution in [2.24, 2.45) is 0 Å². The Morgan fingerprint density at radius 3 is 2.00 bits per heavy atom. The van der Waals surface area contributed by atoms with E-state index in [1.807, 2.05) is 24.4 Å². The van der Waals surface area contributed by atoms with Crippen molar-refractivity contribution >= 4 is 13.5 Å². The third kappa shape index (κ3) is 1.36. The summed E-state index contributed by atoms with van der Waals surface area (Å²) in [4.78, 5) is 0. The fraction of sp³-hybridized carbons (Fsp3) is 0.625. The second-order valence-electron chi connectivity index (χ2n) is 3.09. The molecule has 0 aromatic heterocycles. The van der Waals surface area contributed by atoms with Gasteiger partial charge in [0, 0.05) is 0 Å². The first kappa shape index (κ1) is 8.87. The van der Waals surface area contributed by atoms with Gasteiger partial charge in [-0.05, 0) is 0 Å². The molecule has 0 bridgehead atoms. The predicted octanol–water partition coefficient (Wildman–Crippen LogP) is 2.96. The Balaban J connectivity index is 0. The van der Waals surface area contributed by atoms with Gasteiger partial charge in [0.05, 0.1) is 0 Å². The molecule has 0 N–H and O–H groups in total. The van der Waals surface area contributed by atoms with Crippen molar-refractivity contribution in [1.29, 1.82) is 0 Å². The maximum atomic E-state index is 2.34. The smallest absolute Gasteiger partial charge is 1.00 e. The van der Waals surface area contributed by atoms with Crippen LogP contribution in [-0.2, 0) is 24.4 Å². The van der Waals surface area contributed by atoms with Gasteiger partial charge in [-0.1, -0.05) is 0 Å². The normalized spacial score (nSPS) is 34.8. The molecule has 0 spiro atoms. The topological polar surface area (TPSA) is 0 Å². The van der Waals surface area contributed by atoms with E-state index in [1.54, 1.807) is 10.9 Å². The summed E-state index contributed by atoms with van der Waals surface area (Å²) in [5, 5.41) is 1.56. The van der Waals surface area contributed by atoms with Crippen molar-refractivity contribution in [2.45, 2.75) is 30.6 Å². The second-order valence-corrected chi connectivity index (χ2v) is 7.48. The third-order valence-electron chi connectivity index (χ3n) is 2.26. The first-order chi connectivity index (χ1) is 4.45. The molecule has 0 aromatic rings. The molecule has 1 atom stereocenters. The number of hydrogen-bond acceptors (Lipinski definition) is 0. The summed E-state index contributed by atoms with van der Waals surface area (Å²) in [6.45, 7) is 9.08. The molecule has 0 aliphatic carbocycles. The fourth-order valence-corrected chi connectivity index (χ4v) is 3.78. The van der Waals surface area contributed by atoms with Crippen LogP contribution in [-0.4, -0.2) is 8.21 Å². The van der Waals surface area contributed by atoms with Gasteiger partial charge in [-0.2, -0.15) is 0 Å². The van der Waals surface area contributed by atoms with E-state index in [1.165, 1.54) is 13.8 Å². The standard InChI is InChI=1S/C8H12P.Sc.2H/c1-5-6(2)8(4)9-7(5)3;;;/h1-4H3;;;/q;+2;2*-1. The zero-order valence-corrected chi connectivity index (χ0v) is 9.72. The molecule has 0 radical (unpaired) electrons. The van der Waals surface area contributed by atoms with E-state index in [0.29, 0.717) is 2.91 Å². The summed E-state index contributed by atoms with van der Waals surface area (Å²) >= 11 is 1.85. The van der Waals surface area contributed by atoms with Crippen LogP contribution in [0.2, 0.25) is 0 Å². The molecule has 0 fully saturated rings. The van der Waals surface area contributed by atoms with E-state index in [2.05, 4.69) is 27.7 Å². The van der Waals surface area contributed by atoms with E-state index < -0.39 is 0 Å². The Morgan fingerprint density at radius 2 is 1.90 bits per heavy atom. The van der Waals surface area contributed by atoms with Gasteiger partial charge in [0.1, 0.15) is 0 Å². The largest absolute Gasteiger partial charge is 1.00 e. The first-order valence-electron chi connectivity index (χ1n) is 3.49. The minimum absolute atomic E-state index is 0. The molecule has 0 amide bonds. The average molecular weight is 186 g/mol. The van der Waals surface area contributed by atoms with Crippen LogP contribution in [0.3, 0.4) is 0 Å². The molecule has 1 heterocycles. The summed E-state index contributed by atoms with van der Waals surface area (Å²) in [6, 6.07) is 0. The summed E-state index contributed by atoms with van der Waals surface area (Å²) in [7, 11) is 1.52. The third-order valence-corrected chi connectivity index (χ3v) is 5.02. The summed E-state index contributed by atoms with van der Waals surface area (Å²) in [6.07, 6.45) is 0. The molecule has 54 valence electrons. The van der Waals surface area contributed by atoms with E-state index in [0.717, 1.165) is 0 Å². The minimum Gasteiger partial charge on any atom is -1.00 e. The van der Waals surface area contributed by atoms with Crippen LogP contribution in [0.25, 0.3) is 0 Å². The van der Waals surface area contributed by atoms with Gasteiger partial charge in [-0.3, -0.25) is 0 Å². The monoisotopic (exact) mass is 186 g/mol. The van der Waals surface area contributed by atoms with Crippen LogP contribution >= 0.6 is 8.20 Å². The maximum Gasteiger partial charge on any atom is -1.00 e. The van der Waals surface area contributed by atoms with Crippen molar-refractivity contribution < 1.29 is 27.2 Å². The molecule has 1 rings (SSSR count). The van der Waals surface area contributed by atoms with E-state index >= 15 is 0 Å². The van der Waals surface area contributed by atoms with Gasteiger partial charge in [0.2, 0.25) is 0 Å². The Morgan fingerprint density at radius 1 is 1.40 bits per heavy atom. The van der Waals surface area contributed by atoms with Gasteiger partial charge >= 0.3 is 79.6 Å². The van der Waals surface area contributed by atoms with Crippen molar-refractivity contribution in [3.8, 4) is 0 Å². The van der Waals surface area contributed by atoms with Gasteiger partial charge in [-0.25, -0.2) is 0 Å². The first-order valence-corrected chi connectivity index (χ1v) is 5.28. The van der Waals surface area contributed by atoms with Crippen LogP contribution in [0.4, 0.5) is 0 Å². The predicted molar refractivity (Wildman–Crippen MR) is 46.6 cm³/mol. The molecule has 0 saturated carbocycles. The molecule has 0 aromatic carbocycles. The van der Waals surface area contributed by atoms with Gasteiger partial charge in [-0.15, -0.1) is 0 Å². The SMILES string of the molecule is CC1=P[C](C)([Sc+2])C(C)=C1C.[H-].[H-]. The van der Waals surface area contributed by atoms with E-state index in [4.69, 9.17) is 0 Å². The van der Waals surface area contributed by atoms with Crippen LogP contribution in [0.5, 0.6) is 0 Å². The summed E-state index contributed by atoms with van der Waals surface area (Å²) < 4.78 is 0.473. The maximum absolute atomic E-state index is 2.34. The molecular weight excluding hydrogens is 172 g/mol. The van der Waals surface area contributed by atoms with E-state index in [9.17, 15) is 0 Å². The Hall–Kier alpha value is 0.780. The van der Waals surface area contributed by atoms with Crippen molar-refractivity contribution in [3.63, 3.8) is 0 Å². The Labute approximate surface area is 82.4 Å². The number of allylic oxidation sites excluding steroid dienone is 2. The minimum atomic E-state index is 0. The quantitative estimate of drug-likeness (QED) is 0.510. The van der Waals surface area contributed by atoms with Crippen LogP contribution in [0, 0.1) is 0 Å². The van der Waals surface area contributed by atoms with Gasteiger partial charge in [0.15, 0.2) is 0 Å². The molecule has 1 unspecified atom stereocenters. The van der Waals surface area contributed by atoms with Crippen LogP contribution in [0.1, 0.15) is 30.5 Å². The molecule has 0 saturated heterocycles. The molecular formula is C8H14PSc. The molecule has 10 heavy (non-hydrogen) atoms. The van der Waals surface area contributed by atoms with E-state index in [-0.39, 0.29) is 2.85 Å².